The summed E-state index contributed by atoms with van der Waals surface area (Å²) in [6, 6.07) is 12.2. The molecule has 0 saturated carbocycles. The van der Waals surface area contributed by atoms with Gasteiger partial charge in [0.1, 0.15) is 0 Å². The van der Waals surface area contributed by atoms with Gasteiger partial charge in [0.05, 0.1) is 11.4 Å². The van der Waals surface area contributed by atoms with Crippen LogP contribution in [0.5, 0.6) is 0 Å². The van der Waals surface area contributed by atoms with Crippen LogP contribution in [0.3, 0.4) is 0 Å². The number of nitrogens with zero attached hydrogens (tertiary/aromatic N) is 1. The zero-order valence-corrected chi connectivity index (χ0v) is 19.1. The van der Waals surface area contributed by atoms with E-state index in [1.807, 2.05) is 24.3 Å². The largest absolute Gasteiger partial charge is 0.316 e. The third-order valence-corrected chi connectivity index (χ3v) is 5.95. The highest BCUT2D eigenvalue weighted by atomic mass is 35.5. The van der Waals surface area contributed by atoms with Gasteiger partial charge < -0.3 is 10.6 Å². The summed E-state index contributed by atoms with van der Waals surface area (Å²) in [5.41, 5.74) is 4.13. The first-order chi connectivity index (χ1) is 13.8. The van der Waals surface area contributed by atoms with Crippen LogP contribution in [0.1, 0.15) is 39.2 Å². The van der Waals surface area contributed by atoms with E-state index in [0.29, 0.717) is 17.4 Å². The van der Waals surface area contributed by atoms with E-state index in [0.717, 1.165) is 41.4 Å². The van der Waals surface area contributed by atoms with Gasteiger partial charge >= 0.3 is 0 Å². The number of anilines is 1. The molecule has 1 aliphatic heterocycles. The van der Waals surface area contributed by atoms with Crippen LogP contribution in [0, 0.1) is 5.92 Å². The highest BCUT2D eigenvalue weighted by molar-refractivity contribution is 6.33. The Morgan fingerprint density at radius 2 is 2.00 bits per heavy atom. The molecular formula is C23H28Cl2N4O. The van der Waals surface area contributed by atoms with E-state index in [4.69, 9.17) is 11.6 Å². The molecule has 2 heterocycles. The lowest BCUT2D eigenvalue weighted by atomic mass is 9.85. The third-order valence-electron chi connectivity index (χ3n) is 5.62. The van der Waals surface area contributed by atoms with E-state index in [2.05, 4.69) is 53.7 Å². The SMILES string of the molecule is CC(C)(C)c1ccc(Cl)c(-c2ccc3[nH]nc(NC(=O)[C@@H]4CCCNC4)c3c2)c1.Cl. The molecule has 0 radical (unpaired) electrons. The van der Waals surface area contributed by atoms with Crippen LogP contribution >= 0.6 is 24.0 Å². The van der Waals surface area contributed by atoms with Crippen LogP contribution in [-0.2, 0) is 10.2 Å². The summed E-state index contributed by atoms with van der Waals surface area (Å²) >= 11 is 6.53. The quantitative estimate of drug-likeness (QED) is 0.494. The minimum Gasteiger partial charge on any atom is -0.316 e. The highest BCUT2D eigenvalue weighted by Crippen LogP contribution is 2.35. The summed E-state index contributed by atoms with van der Waals surface area (Å²) in [6.07, 6.45) is 1.92. The average Bonchev–Trinajstić information content (AvgIpc) is 3.10. The predicted molar refractivity (Wildman–Crippen MR) is 127 cm³/mol. The second-order valence-corrected chi connectivity index (χ2v) is 9.22. The topological polar surface area (TPSA) is 69.8 Å². The zero-order valence-electron chi connectivity index (χ0n) is 17.5. The number of fused-ring (bicyclic) bond motifs is 1. The Kier molecular flexibility index (Phi) is 6.75. The number of carbonyl (C=O) groups excluding carboxylic acids is 1. The fraction of sp³-hybridized carbons (Fsp3) is 0.391. The number of aromatic nitrogens is 2. The number of rotatable bonds is 3. The van der Waals surface area contributed by atoms with Crippen molar-refractivity contribution < 1.29 is 4.79 Å². The normalized spacial score (nSPS) is 16.9. The summed E-state index contributed by atoms with van der Waals surface area (Å²) in [6.45, 7) is 8.26. The van der Waals surface area contributed by atoms with Crippen LogP contribution in [0.25, 0.3) is 22.0 Å². The number of hydrogen-bond acceptors (Lipinski definition) is 3. The van der Waals surface area contributed by atoms with Gasteiger partial charge in [-0.2, -0.15) is 5.10 Å². The summed E-state index contributed by atoms with van der Waals surface area (Å²) < 4.78 is 0. The number of piperidine rings is 1. The number of carbonyl (C=O) groups is 1. The Bertz CT molecular complexity index is 1050. The molecular weight excluding hydrogens is 419 g/mol. The monoisotopic (exact) mass is 446 g/mol. The summed E-state index contributed by atoms with van der Waals surface area (Å²) in [4.78, 5) is 12.6. The van der Waals surface area contributed by atoms with Crippen LogP contribution in [-0.4, -0.2) is 29.2 Å². The maximum absolute atomic E-state index is 12.6. The number of H-pyrrole nitrogens is 1. The minimum atomic E-state index is -0.0170. The van der Waals surface area contributed by atoms with Crippen LogP contribution < -0.4 is 10.6 Å². The van der Waals surface area contributed by atoms with Crippen molar-refractivity contribution in [2.75, 3.05) is 18.4 Å². The number of halogens is 2. The second-order valence-electron chi connectivity index (χ2n) is 8.81. The minimum absolute atomic E-state index is 0. The van der Waals surface area contributed by atoms with Crippen molar-refractivity contribution in [3.8, 4) is 11.1 Å². The van der Waals surface area contributed by atoms with E-state index in [9.17, 15) is 4.79 Å². The van der Waals surface area contributed by atoms with Crippen molar-refractivity contribution in [2.24, 2.45) is 5.92 Å². The average molecular weight is 447 g/mol. The molecule has 1 saturated heterocycles. The molecule has 0 spiro atoms. The van der Waals surface area contributed by atoms with Crippen molar-refractivity contribution in [3.63, 3.8) is 0 Å². The van der Waals surface area contributed by atoms with Gasteiger partial charge in [-0.15, -0.1) is 12.4 Å². The van der Waals surface area contributed by atoms with Gasteiger partial charge in [0.15, 0.2) is 5.82 Å². The van der Waals surface area contributed by atoms with Gasteiger partial charge in [-0.05, 0) is 60.2 Å². The Hall–Kier alpha value is -2.08. The Balaban J connectivity index is 0.00000256. The Labute approximate surface area is 188 Å². The first-order valence-electron chi connectivity index (χ1n) is 10.1. The molecule has 2 aromatic carbocycles. The number of aromatic amines is 1. The number of hydrogen-bond donors (Lipinski definition) is 3. The molecule has 4 rings (SSSR count). The number of benzene rings is 2. The van der Waals surface area contributed by atoms with E-state index in [1.165, 1.54) is 5.56 Å². The molecule has 1 atom stereocenters. The van der Waals surface area contributed by atoms with Gasteiger partial charge in [0.2, 0.25) is 5.91 Å². The van der Waals surface area contributed by atoms with E-state index in [1.54, 1.807) is 0 Å². The first kappa shape index (κ1) is 22.6. The second kappa shape index (κ2) is 8.96. The van der Waals surface area contributed by atoms with Crippen LogP contribution in [0.15, 0.2) is 36.4 Å². The molecule has 3 aromatic rings. The molecule has 30 heavy (non-hydrogen) atoms. The first-order valence-corrected chi connectivity index (χ1v) is 10.5. The maximum Gasteiger partial charge on any atom is 0.229 e. The number of nitrogens with one attached hydrogen (secondary N) is 3. The number of amides is 1. The molecule has 1 aromatic heterocycles. The highest BCUT2D eigenvalue weighted by Gasteiger charge is 2.22. The lowest BCUT2D eigenvalue weighted by molar-refractivity contribution is -0.120. The van der Waals surface area contributed by atoms with Crippen LogP contribution in [0.2, 0.25) is 5.02 Å². The third kappa shape index (κ3) is 4.64. The van der Waals surface area contributed by atoms with Crippen molar-refractivity contribution in [3.05, 3.63) is 47.0 Å². The zero-order chi connectivity index (χ0) is 20.6. The lowest BCUT2D eigenvalue weighted by Gasteiger charge is -2.21. The van der Waals surface area contributed by atoms with E-state index >= 15 is 0 Å². The molecule has 3 N–H and O–H groups in total. The summed E-state index contributed by atoms with van der Waals surface area (Å²) in [7, 11) is 0. The lowest BCUT2D eigenvalue weighted by Crippen LogP contribution is -2.37. The molecule has 7 heteroatoms. The molecule has 0 unspecified atom stereocenters. The summed E-state index contributed by atoms with van der Waals surface area (Å²) in [5, 5.41) is 15.2. The fourth-order valence-electron chi connectivity index (χ4n) is 3.78. The standard InChI is InChI=1S/C23H27ClN4O.ClH/c1-23(2,3)16-7-8-19(24)17(12-16)14-6-9-20-18(11-14)21(28-27-20)26-22(29)15-5-4-10-25-13-15;/h6-9,11-12,15,25H,4-5,10,13H2,1-3H3,(H2,26,27,28,29);1H/t15-;/m1./s1. The van der Waals surface area contributed by atoms with Gasteiger partial charge in [-0.1, -0.05) is 44.5 Å². The van der Waals surface area contributed by atoms with Crippen molar-refractivity contribution in [2.45, 2.75) is 39.0 Å². The maximum atomic E-state index is 12.6. The fourth-order valence-corrected chi connectivity index (χ4v) is 4.01. The molecule has 0 aliphatic carbocycles. The van der Waals surface area contributed by atoms with Gasteiger partial charge in [0.25, 0.3) is 0 Å². The van der Waals surface area contributed by atoms with Gasteiger partial charge in [-0.25, -0.2) is 0 Å². The molecule has 0 bridgehead atoms. The Morgan fingerprint density at radius 3 is 2.70 bits per heavy atom. The Morgan fingerprint density at radius 1 is 1.20 bits per heavy atom. The molecule has 1 fully saturated rings. The van der Waals surface area contributed by atoms with Crippen LogP contribution in [0.4, 0.5) is 5.82 Å². The van der Waals surface area contributed by atoms with Crippen molar-refractivity contribution in [1.29, 1.82) is 0 Å². The van der Waals surface area contributed by atoms with Crippen molar-refractivity contribution in [1.82, 2.24) is 15.5 Å². The molecule has 1 amide bonds. The van der Waals surface area contributed by atoms with Gasteiger partial charge in [0, 0.05) is 22.5 Å². The van der Waals surface area contributed by atoms with Crippen molar-refractivity contribution >= 4 is 46.6 Å². The van der Waals surface area contributed by atoms with E-state index < -0.39 is 0 Å². The molecule has 5 nitrogen and oxygen atoms in total. The summed E-state index contributed by atoms with van der Waals surface area (Å²) in [5.74, 6) is 0.570. The molecule has 160 valence electrons. The van der Waals surface area contributed by atoms with Gasteiger partial charge in [-0.3, -0.25) is 9.89 Å². The van der Waals surface area contributed by atoms with E-state index in [-0.39, 0.29) is 29.6 Å². The predicted octanol–water partition coefficient (Wildman–Crippen LogP) is 5.54. The smallest absolute Gasteiger partial charge is 0.229 e. The molecule has 1 aliphatic rings.